The Morgan fingerprint density at radius 2 is 0.842 bits per heavy atom. The molecule has 0 aliphatic rings. The fourth-order valence-corrected chi connectivity index (χ4v) is 5.27. The molecule has 0 aromatic heterocycles. The Balaban J connectivity index is 1.45. The topological polar surface area (TPSA) is 3.24 Å². The van der Waals surface area contributed by atoms with Gasteiger partial charge in [0.1, 0.15) is 0 Å². The summed E-state index contributed by atoms with van der Waals surface area (Å²) < 4.78 is 0. The van der Waals surface area contributed by atoms with Gasteiger partial charge in [-0.25, -0.2) is 0 Å². The van der Waals surface area contributed by atoms with E-state index in [2.05, 4.69) is 153 Å². The van der Waals surface area contributed by atoms with E-state index in [4.69, 9.17) is 0 Å². The van der Waals surface area contributed by atoms with Crippen molar-refractivity contribution >= 4 is 17.1 Å². The molecule has 190 valence electrons. The first kappa shape index (κ1) is 25.5. The van der Waals surface area contributed by atoms with Crippen molar-refractivity contribution in [3.05, 3.63) is 150 Å². The average molecular weight is 496 g/mol. The normalized spacial score (nSPS) is 11.8. The van der Waals surface area contributed by atoms with Crippen LogP contribution in [0.2, 0.25) is 0 Å². The fourth-order valence-electron chi connectivity index (χ4n) is 5.27. The molecule has 0 N–H and O–H groups in total. The van der Waals surface area contributed by atoms with E-state index in [1.165, 1.54) is 50.4 Å². The summed E-state index contributed by atoms with van der Waals surface area (Å²) in [5.74, 6) is 0.370. The monoisotopic (exact) mass is 495 g/mol. The molecule has 5 aromatic carbocycles. The van der Waals surface area contributed by atoms with Crippen LogP contribution in [-0.2, 0) is 12.8 Å². The molecule has 5 aromatic rings. The van der Waals surface area contributed by atoms with E-state index in [9.17, 15) is 0 Å². The molecule has 38 heavy (non-hydrogen) atoms. The van der Waals surface area contributed by atoms with Crippen LogP contribution in [-0.4, -0.2) is 0 Å². The van der Waals surface area contributed by atoms with E-state index in [0.717, 1.165) is 19.3 Å². The number of anilines is 3. The van der Waals surface area contributed by atoms with Crippen LogP contribution in [0, 0.1) is 0 Å². The van der Waals surface area contributed by atoms with Crippen LogP contribution in [0.5, 0.6) is 0 Å². The smallest absolute Gasteiger partial charge is 0.0461 e. The summed E-state index contributed by atoms with van der Waals surface area (Å²) in [5.41, 5.74) is 11.5. The fraction of sp³-hybridized carbons (Fsp3) is 0.189. The molecule has 0 aliphatic carbocycles. The summed E-state index contributed by atoms with van der Waals surface area (Å²) in [7, 11) is 0. The number of nitrogens with zero attached hydrogens (tertiary/aromatic N) is 1. The highest BCUT2D eigenvalue weighted by atomic mass is 15.1. The Kier molecular flexibility index (Phi) is 8.04. The molecular weight excluding hydrogens is 458 g/mol. The summed E-state index contributed by atoms with van der Waals surface area (Å²) in [6, 6.07) is 46.8. The number of hydrogen-bond acceptors (Lipinski definition) is 1. The SMILES string of the molecule is CCc1ccc(N(c2ccc(CC)cc2)c2ccc(C(CC)c3ccc(-c4ccccc4)cc3)cc2)cc1. The molecule has 1 heteroatoms. The summed E-state index contributed by atoms with van der Waals surface area (Å²) in [6.45, 7) is 6.68. The third-order valence-electron chi connectivity index (χ3n) is 7.59. The molecule has 0 amide bonds. The van der Waals surface area contributed by atoms with Crippen molar-refractivity contribution in [2.75, 3.05) is 4.90 Å². The van der Waals surface area contributed by atoms with Crippen LogP contribution in [0.3, 0.4) is 0 Å². The lowest BCUT2D eigenvalue weighted by Crippen LogP contribution is -2.10. The average Bonchev–Trinajstić information content (AvgIpc) is 3.00. The van der Waals surface area contributed by atoms with Gasteiger partial charge in [0.05, 0.1) is 0 Å². The van der Waals surface area contributed by atoms with Crippen molar-refractivity contribution in [2.24, 2.45) is 0 Å². The van der Waals surface area contributed by atoms with E-state index in [1.807, 2.05) is 0 Å². The number of benzene rings is 5. The van der Waals surface area contributed by atoms with E-state index in [0.29, 0.717) is 5.92 Å². The maximum absolute atomic E-state index is 2.36. The Labute approximate surface area is 228 Å². The second-order valence-electron chi connectivity index (χ2n) is 9.92. The molecule has 0 heterocycles. The van der Waals surface area contributed by atoms with Crippen molar-refractivity contribution in [1.82, 2.24) is 0 Å². The summed E-state index contributed by atoms with van der Waals surface area (Å²) in [6.07, 6.45) is 3.15. The predicted molar refractivity (Wildman–Crippen MR) is 164 cm³/mol. The second kappa shape index (κ2) is 12.0. The summed E-state index contributed by atoms with van der Waals surface area (Å²) in [5, 5.41) is 0. The Bertz CT molecular complexity index is 1370. The minimum atomic E-state index is 0.370. The van der Waals surface area contributed by atoms with Crippen molar-refractivity contribution < 1.29 is 0 Å². The van der Waals surface area contributed by atoms with Crippen LogP contribution in [0.4, 0.5) is 17.1 Å². The van der Waals surface area contributed by atoms with E-state index in [1.54, 1.807) is 0 Å². The van der Waals surface area contributed by atoms with Gasteiger partial charge in [0, 0.05) is 23.0 Å². The maximum atomic E-state index is 2.36. The summed E-state index contributed by atoms with van der Waals surface area (Å²) in [4.78, 5) is 2.36. The standard InChI is InChI=1S/C37H37N/c1-4-28-12-22-34(23-13-28)38(35-24-14-29(5-2)15-25-35)36-26-20-33(21-27-36)37(6-3)32-18-16-31(17-19-32)30-10-8-7-9-11-30/h7-27,37H,4-6H2,1-3H3. The van der Waals surface area contributed by atoms with Gasteiger partial charge < -0.3 is 4.90 Å². The van der Waals surface area contributed by atoms with Crippen molar-refractivity contribution in [3.8, 4) is 11.1 Å². The minimum absolute atomic E-state index is 0.370. The van der Waals surface area contributed by atoms with E-state index in [-0.39, 0.29) is 0 Å². The minimum Gasteiger partial charge on any atom is -0.311 e. The molecule has 0 fully saturated rings. The zero-order chi connectivity index (χ0) is 26.3. The highest BCUT2D eigenvalue weighted by Gasteiger charge is 2.16. The van der Waals surface area contributed by atoms with Crippen LogP contribution in [0.1, 0.15) is 55.4 Å². The van der Waals surface area contributed by atoms with Crippen molar-refractivity contribution in [1.29, 1.82) is 0 Å². The van der Waals surface area contributed by atoms with Gasteiger partial charge in [-0.2, -0.15) is 0 Å². The molecular formula is C37H37N. The lowest BCUT2D eigenvalue weighted by Gasteiger charge is -2.26. The van der Waals surface area contributed by atoms with Crippen LogP contribution in [0.25, 0.3) is 11.1 Å². The lowest BCUT2D eigenvalue weighted by atomic mass is 9.88. The highest BCUT2D eigenvalue weighted by molar-refractivity contribution is 5.77. The van der Waals surface area contributed by atoms with Gasteiger partial charge in [0.2, 0.25) is 0 Å². The number of aryl methyl sites for hydroxylation is 2. The molecule has 1 unspecified atom stereocenters. The van der Waals surface area contributed by atoms with Crippen molar-refractivity contribution in [2.45, 2.75) is 46.0 Å². The second-order valence-corrected chi connectivity index (χ2v) is 9.92. The molecule has 0 spiro atoms. The first-order valence-electron chi connectivity index (χ1n) is 13.9. The third-order valence-corrected chi connectivity index (χ3v) is 7.59. The van der Waals surface area contributed by atoms with Gasteiger partial charge in [-0.1, -0.05) is 112 Å². The highest BCUT2D eigenvalue weighted by Crippen LogP contribution is 2.37. The largest absolute Gasteiger partial charge is 0.311 e. The zero-order valence-corrected chi connectivity index (χ0v) is 22.8. The number of hydrogen-bond donors (Lipinski definition) is 0. The van der Waals surface area contributed by atoms with Gasteiger partial charge in [-0.3, -0.25) is 0 Å². The van der Waals surface area contributed by atoms with Crippen LogP contribution in [0.15, 0.2) is 127 Å². The first-order chi connectivity index (χ1) is 18.7. The van der Waals surface area contributed by atoms with Gasteiger partial charge in [0.25, 0.3) is 0 Å². The molecule has 1 atom stereocenters. The Morgan fingerprint density at radius 3 is 1.26 bits per heavy atom. The van der Waals surface area contributed by atoms with Crippen molar-refractivity contribution in [3.63, 3.8) is 0 Å². The molecule has 0 bridgehead atoms. The predicted octanol–water partition coefficient (Wildman–Crippen LogP) is 10.5. The van der Waals surface area contributed by atoms with Crippen LogP contribution >= 0.6 is 0 Å². The van der Waals surface area contributed by atoms with E-state index < -0.39 is 0 Å². The molecule has 0 saturated carbocycles. The lowest BCUT2D eigenvalue weighted by molar-refractivity contribution is 0.777. The quantitative estimate of drug-likeness (QED) is 0.196. The van der Waals surface area contributed by atoms with Gasteiger partial charge >= 0.3 is 0 Å². The first-order valence-corrected chi connectivity index (χ1v) is 13.9. The Morgan fingerprint density at radius 1 is 0.447 bits per heavy atom. The van der Waals surface area contributed by atoms with Crippen LogP contribution < -0.4 is 4.90 Å². The molecule has 0 aliphatic heterocycles. The van der Waals surface area contributed by atoms with Gasteiger partial charge in [0.15, 0.2) is 0 Å². The molecule has 0 radical (unpaired) electrons. The zero-order valence-electron chi connectivity index (χ0n) is 22.8. The third kappa shape index (κ3) is 5.58. The molecule has 5 rings (SSSR count). The van der Waals surface area contributed by atoms with Gasteiger partial charge in [-0.05, 0) is 89.0 Å². The molecule has 1 nitrogen and oxygen atoms in total. The number of rotatable bonds is 9. The van der Waals surface area contributed by atoms with Gasteiger partial charge in [-0.15, -0.1) is 0 Å². The molecule has 0 saturated heterocycles. The maximum Gasteiger partial charge on any atom is 0.0461 e. The Hall–Kier alpha value is -4.10. The van der Waals surface area contributed by atoms with E-state index >= 15 is 0 Å². The summed E-state index contributed by atoms with van der Waals surface area (Å²) >= 11 is 0.